The Labute approximate surface area is 186 Å². The van der Waals surface area contributed by atoms with Crippen LogP contribution in [0.4, 0.5) is 10.6 Å². The predicted octanol–water partition coefficient (Wildman–Crippen LogP) is 2.44. The maximum Gasteiger partial charge on any atom is 0.339 e. The number of urea groups is 1. The number of rotatable bonds is 5. The smallest absolute Gasteiger partial charge is 0.339 e. The second kappa shape index (κ2) is 9.52. The lowest BCUT2D eigenvalue weighted by atomic mass is 10.2. The number of esters is 1. The molecule has 9 nitrogen and oxygen atoms in total. The van der Waals surface area contributed by atoms with Crippen molar-refractivity contribution in [3.63, 3.8) is 0 Å². The zero-order chi connectivity index (χ0) is 22.6. The number of ether oxygens (including phenoxy) is 1. The fourth-order valence-electron chi connectivity index (χ4n) is 3.20. The molecule has 0 bridgehead atoms. The van der Waals surface area contributed by atoms with Gasteiger partial charge < -0.3 is 14.5 Å². The molecular weight excluding hydrogens is 444 g/mol. The molecule has 1 fully saturated rings. The van der Waals surface area contributed by atoms with Gasteiger partial charge in [-0.1, -0.05) is 29.8 Å². The van der Waals surface area contributed by atoms with Crippen molar-refractivity contribution in [2.24, 2.45) is 0 Å². The van der Waals surface area contributed by atoms with Gasteiger partial charge in [-0.2, -0.15) is 0 Å². The highest BCUT2D eigenvalue weighted by Gasteiger charge is 2.27. The van der Waals surface area contributed by atoms with Crippen LogP contribution in [0.3, 0.4) is 0 Å². The number of nitrogens with one attached hydrogen (secondary N) is 1. The number of sulfonamides is 1. The van der Waals surface area contributed by atoms with Gasteiger partial charge in [0, 0.05) is 32.4 Å². The van der Waals surface area contributed by atoms with E-state index in [1.165, 1.54) is 23.2 Å². The summed E-state index contributed by atoms with van der Waals surface area (Å²) >= 11 is 6.29. The third kappa shape index (κ3) is 5.26. The number of amides is 2. The first-order valence-electron chi connectivity index (χ1n) is 9.68. The van der Waals surface area contributed by atoms with Crippen molar-refractivity contribution in [2.75, 3.05) is 37.7 Å². The Hall–Kier alpha value is -2.85. The van der Waals surface area contributed by atoms with Crippen LogP contribution in [0.2, 0.25) is 5.02 Å². The molecule has 1 saturated heterocycles. The van der Waals surface area contributed by atoms with Crippen LogP contribution in [0.25, 0.3) is 0 Å². The first-order valence-corrected chi connectivity index (χ1v) is 11.5. The van der Waals surface area contributed by atoms with Gasteiger partial charge in [-0.3, -0.25) is 0 Å². The van der Waals surface area contributed by atoms with Gasteiger partial charge in [-0.05, 0) is 31.5 Å². The lowest BCUT2D eigenvalue weighted by molar-refractivity contribution is 0.0526. The molecule has 0 unspecified atom stereocenters. The standard InChI is InChI=1S/C20H23ClN4O5S/c1-3-30-19(26)15-12-16(21)18(22-13-15)24-8-10-25(11-9-24)20(27)23-31(28,29)17-7-5-4-6-14(17)2/h4-7,12-13H,3,8-11H2,1-2H3,(H,23,27). The van der Waals surface area contributed by atoms with E-state index >= 15 is 0 Å². The fourth-order valence-corrected chi connectivity index (χ4v) is 4.71. The SMILES string of the molecule is CCOC(=O)c1cnc(N2CCN(C(=O)NS(=O)(=O)c3ccccc3C)CC2)c(Cl)c1. The van der Waals surface area contributed by atoms with Gasteiger partial charge in [0.15, 0.2) is 0 Å². The third-order valence-corrected chi connectivity index (χ3v) is 6.56. The molecule has 0 radical (unpaired) electrons. The maximum atomic E-state index is 12.5. The van der Waals surface area contributed by atoms with Crippen molar-refractivity contribution in [1.82, 2.24) is 14.6 Å². The Morgan fingerprint density at radius 1 is 1.19 bits per heavy atom. The van der Waals surface area contributed by atoms with Crippen LogP contribution in [0.5, 0.6) is 0 Å². The van der Waals surface area contributed by atoms with Crippen LogP contribution >= 0.6 is 11.6 Å². The summed E-state index contributed by atoms with van der Waals surface area (Å²) in [4.78, 5) is 31.9. The number of aryl methyl sites for hydroxylation is 1. The Morgan fingerprint density at radius 3 is 2.48 bits per heavy atom. The van der Waals surface area contributed by atoms with E-state index in [-0.39, 0.29) is 30.2 Å². The third-order valence-electron chi connectivity index (χ3n) is 4.80. The number of anilines is 1. The van der Waals surface area contributed by atoms with Crippen LogP contribution in [-0.4, -0.2) is 63.1 Å². The van der Waals surface area contributed by atoms with Gasteiger partial charge in [0.1, 0.15) is 5.82 Å². The molecule has 1 aromatic carbocycles. The Bertz CT molecular complexity index is 1080. The number of carbonyl (C=O) groups excluding carboxylic acids is 2. The minimum absolute atomic E-state index is 0.0691. The summed E-state index contributed by atoms with van der Waals surface area (Å²) < 4.78 is 32.1. The number of nitrogens with zero attached hydrogens (tertiary/aromatic N) is 3. The lowest BCUT2D eigenvalue weighted by Gasteiger charge is -2.35. The van der Waals surface area contributed by atoms with Gasteiger partial charge in [0.25, 0.3) is 10.0 Å². The Kier molecular flexibility index (Phi) is 7.01. The molecule has 2 heterocycles. The Morgan fingerprint density at radius 2 is 1.87 bits per heavy atom. The summed E-state index contributed by atoms with van der Waals surface area (Å²) in [6.45, 7) is 5.01. The summed E-state index contributed by atoms with van der Waals surface area (Å²) in [6, 6.07) is 7.27. The quantitative estimate of drug-likeness (QED) is 0.674. The van der Waals surface area contributed by atoms with Gasteiger partial charge in [-0.15, -0.1) is 0 Å². The number of benzene rings is 1. The number of carbonyl (C=O) groups is 2. The van der Waals surface area contributed by atoms with E-state index in [2.05, 4.69) is 9.71 Å². The number of halogens is 1. The van der Waals surface area contributed by atoms with E-state index in [4.69, 9.17) is 16.3 Å². The van der Waals surface area contributed by atoms with E-state index in [0.29, 0.717) is 29.5 Å². The van der Waals surface area contributed by atoms with Crippen LogP contribution < -0.4 is 9.62 Å². The van der Waals surface area contributed by atoms with Crippen molar-refractivity contribution in [3.8, 4) is 0 Å². The highest BCUT2D eigenvalue weighted by atomic mass is 35.5. The van der Waals surface area contributed by atoms with Crippen molar-refractivity contribution >= 4 is 39.4 Å². The van der Waals surface area contributed by atoms with E-state index in [0.717, 1.165) is 0 Å². The van der Waals surface area contributed by atoms with Crippen LogP contribution in [0.15, 0.2) is 41.4 Å². The first kappa shape index (κ1) is 22.8. The number of hydrogen-bond acceptors (Lipinski definition) is 7. The molecule has 1 aliphatic heterocycles. The van der Waals surface area contributed by atoms with Crippen LogP contribution in [-0.2, 0) is 14.8 Å². The Balaban J connectivity index is 1.62. The molecule has 0 atom stereocenters. The average molecular weight is 467 g/mol. The summed E-state index contributed by atoms with van der Waals surface area (Å²) in [5, 5.41) is 0.297. The van der Waals surface area contributed by atoms with Crippen LogP contribution in [0, 0.1) is 6.92 Å². The second-order valence-electron chi connectivity index (χ2n) is 6.90. The summed E-state index contributed by atoms with van der Waals surface area (Å²) in [7, 11) is -3.96. The van der Waals surface area contributed by atoms with Crippen molar-refractivity contribution in [3.05, 3.63) is 52.7 Å². The molecule has 0 aliphatic carbocycles. The molecule has 2 amide bonds. The van der Waals surface area contributed by atoms with Gasteiger partial charge >= 0.3 is 12.0 Å². The molecule has 2 aromatic rings. The topological polar surface area (TPSA) is 109 Å². The monoisotopic (exact) mass is 466 g/mol. The molecule has 31 heavy (non-hydrogen) atoms. The number of pyridine rings is 1. The van der Waals surface area contributed by atoms with E-state index in [1.54, 1.807) is 32.0 Å². The number of piperazine rings is 1. The molecule has 1 N–H and O–H groups in total. The van der Waals surface area contributed by atoms with Crippen molar-refractivity contribution in [2.45, 2.75) is 18.7 Å². The zero-order valence-electron chi connectivity index (χ0n) is 17.2. The highest BCUT2D eigenvalue weighted by molar-refractivity contribution is 7.90. The summed E-state index contributed by atoms with van der Waals surface area (Å²) in [5.41, 5.74) is 0.814. The normalized spacial score (nSPS) is 14.3. The lowest BCUT2D eigenvalue weighted by Crippen LogP contribution is -2.53. The molecule has 1 aliphatic rings. The molecule has 1 aromatic heterocycles. The maximum absolute atomic E-state index is 12.5. The predicted molar refractivity (Wildman–Crippen MR) is 116 cm³/mol. The zero-order valence-corrected chi connectivity index (χ0v) is 18.7. The van der Waals surface area contributed by atoms with Crippen molar-refractivity contribution < 1.29 is 22.7 Å². The fraction of sp³-hybridized carbons (Fsp3) is 0.350. The summed E-state index contributed by atoms with van der Waals surface area (Å²) in [6.07, 6.45) is 1.40. The van der Waals surface area contributed by atoms with E-state index in [9.17, 15) is 18.0 Å². The molecule has 0 spiro atoms. The minimum atomic E-state index is -3.96. The van der Waals surface area contributed by atoms with Gasteiger partial charge in [0.2, 0.25) is 0 Å². The van der Waals surface area contributed by atoms with Crippen molar-refractivity contribution in [1.29, 1.82) is 0 Å². The first-order chi connectivity index (χ1) is 14.7. The molecule has 0 saturated carbocycles. The van der Waals surface area contributed by atoms with E-state index in [1.807, 2.05) is 4.90 Å². The second-order valence-corrected chi connectivity index (χ2v) is 8.96. The largest absolute Gasteiger partial charge is 0.462 e. The average Bonchev–Trinajstić information content (AvgIpc) is 2.74. The number of hydrogen-bond donors (Lipinski definition) is 1. The molecule has 3 rings (SSSR count). The molecule has 11 heteroatoms. The van der Waals surface area contributed by atoms with Crippen LogP contribution in [0.1, 0.15) is 22.8 Å². The number of aromatic nitrogens is 1. The highest BCUT2D eigenvalue weighted by Crippen LogP contribution is 2.25. The van der Waals surface area contributed by atoms with Gasteiger partial charge in [0.05, 0.1) is 22.1 Å². The molecule has 166 valence electrons. The molecular formula is C20H23ClN4O5S. The van der Waals surface area contributed by atoms with Gasteiger partial charge in [-0.25, -0.2) is 27.7 Å². The summed E-state index contributed by atoms with van der Waals surface area (Å²) in [5.74, 6) is -0.0119. The van der Waals surface area contributed by atoms with E-state index < -0.39 is 22.0 Å². The minimum Gasteiger partial charge on any atom is -0.462 e.